The molecule has 0 radical (unpaired) electrons. The highest BCUT2D eigenvalue weighted by Crippen LogP contribution is 2.31. The van der Waals surface area contributed by atoms with Crippen molar-refractivity contribution in [2.45, 2.75) is 19.9 Å². The zero-order valence-electron chi connectivity index (χ0n) is 5.31. The highest BCUT2D eigenvalue weighted by molar-refractivity contribution is 8.39. The Kier molecular flexibility index (Phi) is 3.82. The lowest BCUT2D eigenvalue weighted by Gasteiger charge is -2.04. The van der Waals surface area contributed by atoms with E-state index in [0.717, 1.165) is 4.67 Å². The quantitative estimate of drug-likeness (QED) is 0.391. The van der Waals surface area contributed by atoms with Crippen LogP contribution in [0.15, 0.2) is 0 Å². The summed E-state index contributed by atoms with van der Waals surface area (Å²) in [6.45, 7) is 3.55. The molecule has 0 bridgehead atoms. The van der Waals surface area contributed by atoms with Gasteiger partial charge in [0.05, 0.1) is 6.04 Å². The largest absolute Gasteiger partial charge is 0.537 e. The van der Waals surface area contributed by atoms with Crippen molar-refractivity contribution in [3.63, 3.8) is 0 Å². The molecule has 0 aliphatic rings. The molecule has 0 fully saturated rings. The monoisotopic (exact) mass is 166 g/mol. The molecule has 0 aliphatic carbocycles. The summed E-state index contributed by atoms with van der Waals surface area (Å²) < 4.78 is 11.7. The van der Waals surface area contributed by atoms with E-state index in [1.54, 1.807) is 13.8 Å². The molecule has 1 amide bonds. The Morgan fingerprint density at radius 1 is 1.67 bits per heavy atom. The summed E-state index contributed by atoms with van der Waals surface area (Å²) in [6.07, 6.45) is 0.538. The summed E-state index contributed by atoms with van der Waals surface area (Å²) in [6, 6.07) is -0.0383. The van der Waals surface area contributed by atoms with Gasteiger partial charge in [0.25, 0.3) is 6.41 Å². The minimum absolute atomic E-state index is 0.0383. The molecule has 0 aliphatic heterocycles. The lowest BCUT2D eigenvalue weighted by molar-refractivity contribution is -0.114. The first kappa shape index (κ1) is 8.92. The predicted octanol–water partition coefficient (Wildman–Crippen LogP) is 1.44. The van der Waals surface area contributed by atoms with E-state index in [9.17, 15) is 9.36 Å². The van der Waals surface area contributed by atoms with Crippen LogP contribution >= 0.6 is 19.4 Å². The van der Waals surface area contributed by atoms with Gasteiger partial charge in [-0.15, -0.1) is 4.67 Å². The second kappa shape index (κ2) is 3.85. The second-order valence-corrected chi connectivity index (χ2v) is 3.83. The maximum atomic E-state index is 10.5. The van der Waals surface area contributed by atoms with E-state index >= 15 is 0 Å². The van der Waals surface area contributed by atoms with Crippen LogP contribution in [0, 0.1) is 0 Å². The van der Waals surface area contributed by atoms with Crippen molar-refractivity contribution in [1.29, 1.82) is 0 Å². The van der Waals surface area contributed by atoms with Gasteiger partial charge in [0.1, 0.15) is 12.2 Å². The lowest BCUT2D eigenvalue weighted by Crippen LogP contribution is -2.20. The normalized spacial score (nSPS) is 11.3. The molecule has 3 nitrogen and oxygen atoms in total. The van der Waals surface area contributed by atoms with Gasteiger partial charge in [-0.3, -0.25) is 4.79 Å². The molecule has 0 aromatic carbocycles. The first-order valence-corrected chi connectivity index (χ1v) is 4.85. The van der Waals surface area contributed by atoms with Gasteiger partial charge >= 0.3 is 7.15 Å². The smallest absolute Gasteiger partial charge is 0.275 e. The number of nitrogens with zero attached hydrogens (tertiary/aromatic N) is 1. The van der Waals surface area contributed by atoms with Crippen LogP contribution in [-0.2, 0) is 9.36 Å². The third-order valence-corrected chi connectivity index (χ3v) is 2.41. The maximum absolute atomic E-state index is 10.5. The Morgan fingerprint density at radius 2 is 2.11 bits per heavy atom. The number of hydrogen-bond acceptors (Lipinski definition) is 2. The third-order valence-electron chi connectivity index (χ3n) is 0.835. The molecular weight excluding hydrogens is 157 g/mol. The first-order valence-electron chi connectivity index (χ1n) is 2.49. The van der Waals surface area contributed by atoms with Crippen molar-refractivity contribution in [3.8, 4) is 0 Å². The zero-order chi connectivity index (χ0) is 7.44. The molecule has 1 unspecified atom stereocenters. The number of amides is 1. The van der Waals surface area contributed by atoms with Crippen molar-refractivity contribution >= 4 is 25.8 Å². The fourth-order valence-corrected chi connectivity index (χ4v) is 1.58. The first-order chi connectivity index (χ1) is 4.09. The molecule has 0 aromatic heterocycles. The summed E-state index contributed by atoms with van der Waals surface area (Å²) in [5.41, 5.74) is 0. The summed E-state index contributed by atoms with van der Waals surface area (Å²) in [5.74, 6) is 0. The number of rotatable bonds is 3. The molecule has 0 aromatic rings. The molecule has 0 heterocycles. The van der Waals surface area contributed by atoms with E-state index in [1.807, 2.05) is 0 Å². The van der Waals surface area contributed by atoms with Gasteiger partial charge in [0.15, 0.2) is 0 Å². The van der Waals surface area contributed by atoms with Crippen LogP contribution in [0.3, 0.4) is 0 Å². The zero-order valence-corrected chi connectivity index (χ0v) is 7.10. The van der Waals surface area contributed by atoms with Crippen molar-refractivity contribution < 1.29 is 9.36 Å². The Morgan fingerprint density at radius 3 is 2.11 bits per heavy atom. The number of thiol groups is 1. The highest BCUT2D eigenvalue weighted by Gasteiger charge is 2.23. The predicted molar refractivity (Wildman–Crippen MR) is 39.6 cm³/mol. The van der Waals surface area contributed by atoms with Crippen LogP contribution in [0.2, 0.25) is 0 Å². The van der Waals surface area contributed by atoms with Crippen LogP contribution in [0.5, 0.6) is 0 Å². The van der Waals surface area contributed by atoms with Gasteiger partial charge in [0.2, 0.25) is 0 Å². The fraction of sp³-hybridized carbons (Fsp3) is 0.750. The summed E-state index contributed by atoms with van der Waals surface area (Å²) in [5, 5.41) is 0. The Bertz CT molecular complexity index is 128. The number of carbonyl (C=O) groups is 1. The minimum Gasteiger partial charge on any atom is -0.275 e. The van der Waals surface area contributed by atoms with Gasteiger partial charge in [-0.25, -0.2) is 0 Å². The van der Waals surface area contributed by atoms with Crippen LogP contribution in [0.1, 0.15) is 13.8 Å². The molecule has 0 rings (SSSR count). The van der Waals surface area contributed by atoms with E-state index in [1.165, 1.54) is 0 Å². The molecule has 0 saturated heterocycles. The van der Waals surface area contributed by atoms with Crippen molar-refractivity contribution in [3.05, 3.63) is 0 Å². The second-order valence-electron chi connectivity index (χ2n) is 1.83. The Hall–Kier alpha value is -0.0800. The van der Waals surface area contributed by atoms with Crippen LogP contribution in [0.25, 0.3) is 0 Å². The summed E-state index contributed by atoms with van der Waals surface area (Å²) >= 11 is 3.62. The van der Waals surface area contributed by atoms with E-state index < -0.39 is 7.15 Å². The Balaban J connectivity index is 3.98. The van der Waals surface area contributed by atoms with Crippen molar-refractivity contribution in [2.75, 3.05) is 0 Å². The Labute approximate surface area is 60.4 Å². The molecule has 0 saturated carbocycles. The molecule has 1 atom stereocenters. The minimum atomic E-state index is -1.79. The molecule has 9 heavy (non-hydrogen) atoms. The fourth-order valence-electron chi connectivity index (χ4n) is 0.360. The standard InChI is InChI=1S/C4H8NO2PS/c1-4(2)5(3-6)8(7)9/h3-4H,1-2H3/p+1. The van der Waals surface area contributed by atoms with Crippen LogP contribution in [0.4, 0.5) is 0 Å². The van der Waals surface area contributed by atoms with E-state index in [0.29, 0.717) is 6.41 Å². The van der Waals surface area contributed by atoms with Crippen molar-refractivity contribution in [1.82, 2.24) is 4.67 Å². The van der Waals surface area contributed by atoms with E-state index in [2.05, 4.69) is 12.2 Å². The van der Waals surface area contributed by atoms with Gasteiger partial charge in [-0.05, 0) is 18.4 Å². The highest BCUT2D eigenvalue weighted by atomic mass is 32.7. The third kappa shape index (κ3) is 2.82. The molecule has 5 heteroatoms. The lowest BCUT2D eigenvalue weighted by atomic mass is 10.4. The van der Waals surface area contributed by atoms with Crippen molar-refractivity contribution in [2.24, 2.45) is 0 Å². The van der Waals surface area contributed by atoms with Crippen LogP contribution in [-0.4, -0.2) is 17.1 Å². The van der Waals surface area contributed by atoms with Gasteiger partial charge in [-0.1, -0.05) is 0 Å². The van der Waals surface area contributed by atoms with Gasteiger partial charge in [0, 0.05) is 0 Å². The van der Waals surface area contributed by atoms with Gasteiger partial charge in [-0.2, -0.15) is 0 Å². The van der Waals surface area contributed by atoms with E-state index in [-0.39, 0.29) is 6.04 Å². The number of carbonyl (C=O) groups excluding carboxylic acids is 1. The van der Waals surface area contributed by atoms with Crippen LogP contribution < -0.4 is 0 Å². The van der Waals surface area contributed by atoms with Gasteiger partial charge < -0.3 is 0 Å². The molecule has 0 spiro atoms. The SMILES string of the molecule is CC(C)N(C=O)[P+](=O)S. The average Bonchev–Trinajstić information content (AvgIpc) is 1.64. The summed E-state index contributed by atoms with van der Waals surface area (Å²) in [4.78, 5) is 10.1. The summed E-state index contributed by atoms with van der Waals surface area (Å²) in [7, 11) is -1.79. The average molecular weight is 166 g/mol. The molecule has 52 valence electrons. The maximum Gasteiger partial charge on any atom is 0.537 e. The van der Waals surface area contributed by atoms with E-state index in [4.69, 9.17) is 0 Å². The number of hydrogen-bond donors (Lipinski definition) is 1. The molecular formula is C4H9NO2PS+. The molecule has 0 N–H and O–H groups in total. The topological polar surface area (TPSA) is 37.4 Å².